The van der Waals surface area contributed by atoms with E-state index in [4.69, 9.17) is 0 Å². The van der Waals surface area contributed by atoms with Crippen LogP contribution < -0.4 is 0 Å². The van der Waals surface area contributed by atoms with Gasteiger partial charge in [-0.05, 0) is 22.8 Å². The van der Waals surface area contributed by atoms with Gasteiger partial charge in [-0.15, -0.1) is 0 Å². The van der Waals surface area contributed by atoms with Gasteiger partial charge in [0.2, 0.25) is 0 Å². The smallest absolute Gasteiger partial charge is 0.0256 e. The van der Waals surface area contributed by atoms with E-state index in [1.807, 2.05) is 12.2 Å². The molecule has 0 unspecified atom stereocenters. The molecule has 1 aromatic carbocycles. The number of allylic oxidation sites excluding steroid dienone is 4. The maximum atomic E-state index is 3.93. The second-order valence-corrected chi connectivity index (χ2v) is 5.38. The number of fused-ring (bicyclic) bond motifs is 1. The van der Waals surface area contributed by atoms with Crippen LogP contribution in [0.1, 0.15) is 25.0 Å². The van der Waals surface area contributed by atoms with E-state index < -0.39 is 0 Å². The molecule has 1 heteroatoms. The van der Waals surface area contributed by atoms with Crippen LogP contribution in [0.3, 0.4) is 0 Å². The predicted octanol–water partition coefficient (Wildman–Crippen LogP) is 4.87. The summed E-state index contributed by atoms with van der Waals surface area (Å²) in [5.41, 5.74) is 5.07. The van der Waals surface area contributed by atoms with Gasteiger partial charge in [-0.25, -0.2) is 0 Å². The first-order chi connectivity index (χ1) is 7.54. The maximum absolute atomic E-state index is 3.93. The fourth-order valence-electron chi connectivity index (χ4n) is 2.51. The Kier molecular flexibility index (Phi) is 2.67. The summed E-state index contributed by atoms with van der Waals surface area (Å²) in [5, 5.41) is 0. The van der Waals surface area contributed by atoms with E-state index in [1.54, 1.807) is 0 Å². The van der Waals surface area contributed by atoms with Crippen LogP contribution in [0.25, 0.3) is 5.57 Å². The van der Waals surface area contributed by atoms with Crippen molar-refractivity contribution in [2.45, 2.75) is 19.3 Å². The van der Waals surface area contributed by atoms with Crippen molar-refractivity contribution in [3.8, 4) is 0 Å². The number of rotatable bonds is 2. The van der Waals surface area contributed by atoms with Gasteiger partial charge in [-0.1, -0.05) is 67.2 Å². The Morgan fingerprint density at radius 3 is 2.44 bits per heavy atom. The van der Waals surface area contributed by atoms with Crippen LogP contribution in [-0.2, 0) is 5.41 Å². The van der Waals surface area contributed by atoms with Gasteiger partial charge < -0.3 is 0 Å². The van der Waals surface area contributed by atoms with Crippen molar-refractivity contribution in [2.75, 3.05) is 0 Å². The molecule has 16 heavy (non-hydrogen) atoms. The number of halogens is 1. The molecule has 0 radical (unpaired) electrons. The second-order valence-electron chi connectivity index (χ2n) is 4.52. The number of hydrogen-bond donors (Lipinski definition) is 0. The number of hydrogen-bond acceptors (Lipinski definition) is 0. The van der Waals surface area contributed by atoms with Crippen LogP contribution >= 0.6 is 15.9 Å². The van der Waals surface area contributed by atoms with Crippen molar-refractivity contribution in [1.82, 2.24) is 0 Å². The minimum atomic E-state index is 0.0182. The Balaban J connectivity index is 2.85. The molecule has 0 saturated heterocycles. The van der Waals surface area contributed by atoms with Gasteiger partial charge in [0.25, 0.3) is 0 Å². The lowest BCUT2D eigenvalue weighted by Gasteiger charge is -2.22. The molecule has 0 nitrogen and oxygen atoms in total. The lowest BCUT2D eigenvalue weighted by Crippen LogP contribution is -2.15. The Bertz CT molecular complexity index is 504. The fourth-order valence-corrected chi connectivity index (χ4v) is 3.09. The van der Waals surface area contributed by atoms with Crippen molar-refractivity contribution < 1.29 is 0 Å². The highest BCUT2D eigenvalue weighted by Gasteiger charge is 2.35. The third-order valence-electron chi connectivity index (χ3n) is 3.33. The highest BCUT2D eigenvalue weighted by atomic mass is 79.9. The summed E-state index contributed by atoms with van der Waals surface area (Å²) in [6.07, 6.45) is 3.87. The molecule has 1 aromatic rings. The summed E-state index contributed by atoms with van der Waals surface area (Å²) in [6, 6.07) is 6.34. The third kappa shape index (κ3) is 1.35. The maximum Gasteiger partial charge on any atom is 0.0256 e. The summed E-state index contributed by atoms with van der Waals surface area (Å²) in [7, 11) is 0. The molecule has 1 aliphatic carbocycles. The highest BCUT2D eigenvalue weighted by Crippen LogP contribution is 2.49. The molecule has 0 spiro atoms. The Morgan fingerprint density at radius 2 is 1.88 bits per heavy atom. The zero-order valence-corrected chi connectivity index (χ0v) is 11.3. The van der Waals surface area contributed by atoms with E-state index in [0.717, 1.165) is 4.47 Å². The molecule has 82 valence electrons. The first-order valence-corrected chi connectivity index (χ1v) is 6.12. The van der Waals surface area contributed by atoms with Crippen LogP contribution in [-0.4, -0.2) is 0 Å². The van der Waals surface area contributed by atoms with Crippen molar-refractivity contribution in [1.29, 1.82) is 0 Å². The van der Waals surface area contributed by atoms with Crippen LogP contribution in [0.15, 0.2) is 53.6 Å². The molecule has 0 fully saturated rings. The van der Waals surface area contributed by atoms with E-state index >= 15 is 0 Å². The first-order valence-electron chi connectivity index (χ1n) is 5.33. The molecule has 0 N–H and O–H groups in total. The molecule has 2 rings (SSSR count). The van der Waals surface area contributed by atoms with Gasteiger partial charge in [-0.3, -0.25) is 0 Å². The first kappa shape index (κ1) is 11.4. The normalized spacial score (nSPS) is 17.2. The van der Waals surface area contributed by atoms with Gasteiger partial charge in [0.05, 0.1) is 0 Å². The van der Waals surface area contributed by atoms with Crippen LogP contribution in [0.2, 0.25) is 0 Å². The average molecular weight is 275 g/mol. The molecule has 0 bridgehead atoms. The Hall–Kier alpha value is -1.08. The molecule has 0 heterocycles. The monoisotopic (exact) mass is 274 g/mol. The molecular formula is C15H15Br. The minimum Gasteiger partial charge on any atom is -0.0987 e. The SMILES string of the molecule is C=CC1=C(C=C)C(C)(C)c2cccc(Br)c21. The van der Waals surface area contributed by atoms with Crippen LogP contribution in [0.5, 0.6) is 0 Å². The topological polar surface area (TPSA) is 0 Å². The Morgan fingerprint density at radius 1 is 1.19 bits per heavy atom. The van der Waals surface area contributed by atoms with Gasteiger partial charge in [0.1, 0.15) is 0 Å². The molecule has 1 aliphatic rings. The van der Waals surface area contributed by atoms with E-state index in [1.165, 1.54) is 22.3 Å². The summed E-state index contributed by atoms with van der Waals surface area (Å²) in [4.78, 5) is 0. The minimum absolute atomic E-state index is 0.0182. The van der Waals surface area contributed by atoms with Crippen LogP contribution in [0, 0.1) is 0 Å². The van der Waals surface area contributed by atoms with Gasteiger partial charge in [0, 0.05) is 15.5 Å². The van der Waals surface area contributed by atoms with E-state index in [2.05, 4.69) is 61.1 Å². The van der Waals surface area contributed by atoms with Crippen molar-refractivity contribution in [3.05, 3.63) is 64.7 Å². The highest BCUT2D eigenvalue weighted by molar-refractivity contribution is 9.10. The quantitative estimate of drug-likeness (QED) is 0.722. The molecular weight excluding hydrogens is 260 g/mol. The van der Waals surface area contributed by atoms with Gasteiger partial charge >= 0.3 is 0 Å². The van der Waals surface area contributed by atoms with E-state index in [0.29, 0.717) is 0 Å². The predicted molar refractivity (Wildman–Crippen MR) is 74.5 cm³/mol. The van der Waals surface area contributed by atoms with E-state index in [9.17, 15) is 0 Å². The standard InChI is InChI=1S/C15H15Br/c1-5-10-11(6-2)15(3,4)12-8-7-9-13(16)14(10)12/h5-9H,1-2H2,3-4H3. The number of benzene rings is 1. The zero-order chi connectivity index (χ0) is 11.9. The largest absolute Gasteiger partial charge is 0.0987 e. The lowest BCUT2D eigenvalue weighted by atomic mass is 9.81. The summed E-state index contributed by atoms with van der Waals surface area (Å²) in [6.45, 7) is 12.3. The van der Waals surface area contributed by atoms with Gasteiger partial charge in [-0.2, -0.15) is 0 Å². The summed E-state index contributed by atoms with van der Waals surface area (Å²) >= 11 is 3.62. The molecule has 0 saturated carbocycles. The van der Waals surface area contributed by atoms with Crippen LogP contribution in [0.4, 0.5) is 0 Å². The molecule has 0 atom stereocenters. The molecule has 0 aromatic heterocycles. The summed E-state index contributed by atoms with van der Waals surface area (Å²) < 4.78 is 1.13. The second kappa shape index (κ2) is 3.74. The molecule has 0 aliphatic heterocycles. The van der Waals surface area contributed by atoms with Crippen molar-refractivity contribution >= 4 is 21.5 Å². The molecule has 0 amide bonds. The third-order valence-corrected chi connectivity index (χ3v) is 3.99. The van der Waals surface area contributed by atoms with E-state index in [-0.39, 0.29) is 5.41 Å². The summed E-state index contributed by atoms with van der Waals surface area (Å²) in [5.74, 6) is 0. The Labute approximate surface area is 106 Å². The average Bonchev–Trinajstić information content (AvgIpc) is 2.47. The van der Waals surface area contributed by atoms with Crippen molar-refractivity contribution in [3.63, 3.8) is 0 Å². The zero-order valence-electron chi connectivity index (χ0n) is 9.68. The van der Waals surface area contributed by atoms with Crippen molar-refractivity contribution in [2.24, 2.45) is 0 Å². The lowest BCUT2D eigenvalue weighted by molar-refractivity contribution is 0.654. The van der Waals surface area contributed by atoms with Gasteiger partial charge in [0.15, 0.2) is 0 Å². The fraction of sp³-hybridized carbons (Fsp3) is 0.200.